The first-order valence-corrected chi connectivity index (χ1v) is 11.1. The number of aryl methyl sites for hydroxylation is 2. The van der Waals surface area contributed by atoms with Crippen LogP contribution in [-0.2, 0) is 13.5 Å². The monoisotopic (exact) mass is 443 g/mol. The molecule has 7 nitrogen and oxygen atoms in total. The van der Waals surface area contributed by atoms with Crippen LogP contribution in [0.15, 0.2) is 73.2 Å². The van der Waals surface area contributed by atoms with E-state index in [0.29, 0.717) is 30.8 Å². The number of imidazole rings is 1. The number of amides is 2. The van der Waals surface area contributed by atoms with Gasteiger partial charge in [-0.2, -0.15) is 0 Å². The maximum absolute atomic E-state index is 13.3. The summed E-state index contributed by atoms with van der Waals surface area (Å²) in [6.07, 6.45) is 6.83. The third-order valence-electron chi connectivity index (χ3n) is 6.02. The predicted molar refractivity (Wildman–Crippen MR) is 128 cm³/mol. The van der Waals surface area contributed by atoms with Crippen LogP contribution in [0.25, 0.3) is 5.65 Å². The first-order valence-electron chi connectivity index (χ1n) is 11.1. The molecule has 7 heteroatoms. The normalized spacial score (nSPS) is 12.0. The van der Waals surface area contributed by atoms with E-state index in [-0.39, 0.29) is 17.9 Å². The maximum Gasteiger partial charge on any atom is 0.274 e. The zero-order chi connectivity index (χ0) is 23.4. The molecular formula is C26H29N5O2. The molecule has 4 aromatic rings. The number of hydrogen-bond acceptors (Lipinski definition) is 3. The van der Waals surface area contributed by atoms with Crippen LogP contribution in [0.5, 0.6) is 0 Å². The lowest BCUT2D eigenvalue weighted by Gasteiger charge is -2.28. The summed E-state index contributed by atoms with van der Waals surface area (Å²) >= 11 is 0. The highest BCUT2D eigenvalue weighted by Crippen LogP contribution is 2.16. The molecule has 0 aliphatic heterocycles. The molecule has 0 saturated carbocycles. The number of nitrogens with zero attached hydrogens (tertiary/aromatic N) is 4. The molecule has 0 spiro atoms. The second kappa shape index (κ2) is 9.73. The van der Waals surface area contributed by atoms with Gasteiger partial charge in [0.1, 0.15) is 17.0 Å². The molecule has 170 valence electrons. The van der Waals surface area contributed by atoms with Crippen LogP contribution < -0.4 is 5.32 Å². The molecule has 1 unspecified atom stereocenters. The smallest absolute Gasteiger partial charge is 0.274 e. The SMILES string of the molecule is Cc1cccn2cc(C(=O)N(C)C(CCNC(=O)c3cccn3C)Cc3ccccc3)nc12. The molecule has 33 heavy (non-hydrogen) atoms. The number of fused-ring (bicyclic) bond motifs is 1. The van der Waals surface area contributed by atoms with Crippen LogP contribution in [0.2, 0.25) is 0 Å². The van der Waals surface area contributed by atoms with E-state index in [2.05, 4.69) is 22.4 Å². The Hall–Kier alpha value is -3.87. The lowest BCUT2D eigenvalue weighted by molar-refractivity contribution is 0.0717. The van der Waals surface area contributed by atoms with Crippen molar-refractivity contribution in [1.29, 1.82) is 0 Å². The molecule has 3 aromatic heterocycles. The highest BCUT2D eigenvalue weighted by molar-refractivity contribution is 5.93. The Morgan fingerprint density at radius 2 is 1.82 bits per heavy atom. The molecule has 1 atom stereocenters. The minimum absolute atomic E-state index is 0.0977. The van der Waals surface area contributed by atoms with Crippen LogP contribution in [0.3, 0.4) is 0 Å². The summed E-state index contributed by atoms with van der Waals surface area (Å²) in [6, 6.07) is 17.5. The molecule has 0 aliphatic rings. The Morgan fingerprint density at radius 3 is 2.52 bits per heavy atom. The lowest BCUT2D eigenvalue weighted by atomic mass is 10.0. The molecule has 0 fully saturated rings. The fourth-order valence-electron chi connectivity index (χ4n) is 4.06. The van der Waals surface area contributed by atoms with Crippen LogP contribution in [0.1, 0.15) is 38.5 Å². The van der Waals surface area contributed by atoms with Crippen molar-refractivity contribution in [3.63, 3.8) is 0 Å². The number of aromatic nitrogens is 3. The van der Waals surface area contributed by atoms with E-state index >= 15 is 0 Å². The topological polar surface area (TPSA) is 71.6 Å². The molecule has 0 radical (unpaired) electrons. The molecule has 2 amide bonds. The second-order valence-electron chi connectivity index (χ2n) is 8.36. The van der Waals surface area contributed by atoms with E-state index in [4.69, 9.17) is 0 Å². The van der Waals surface area contributed by atoms with Crippen LogP contribution in [0.4, 0.5) is 0 Å². The third kappa shape index (κ3) is 4.98. The second-order valence-corrected chi connectivity index (χ2v) is 8.36. The quantitative estimate of drug-likeness (QED) is 0.453. The van der Waals surface area contributed by atoms with Crippen molar-refractivity contribution in [2.24, 2.45) is 7.05 Å². The van der Waals surface area contributed by atoms with Crippen molar-refractivity contribution < 1.29 is 9.59 Å². The van der Waals surface area contributed by atoms with Gasteiger partial charge in [0, 0.05) is 45.3 Å². The van der Waals surface area contributed by atoms with Gasteiger partial charge in [0.15, 0.2) is 0 Å². The standard InChI is InChI=1S/C26H29N5O2/c1-19-9-7-16-31-18-22(28-24(19)31)26(33)30(3)21(17-20-10-5-4-6-11-20)13-14-27-25(32)23-12-8-15-29(23)2/h4-12,15-16,18,21H,13-14,17H2,1-3H3,(H,27,32). The average molecular weight is 444 g/mol. The Morgan fingerprint density at radius 1 is 1.06 bits per heavy atom. The van der Waals surface area contributed by atoms with E-state index in [1.54, 1.807) is 21.7 Å². The van der Waals surface area contributed by atoms with Crippen LogP contribution in [0, 0.1) is 6.92 Å². The lowest BCUT2D eigenvalue weighted by Crippen LogP contribution is -2.41. The highest BCUT2D eigenvalue weighted by Gasteiger charge is 2.24. The van der Waals surface area contributed by atoms with Gasteiger partial charge in [-0.15, -0.1) is 0 Å². The number of carbonyl (C=O) groups excluding carboxylic acids is 2. The van der Waals surface area contributed by atoms with Gasteiger partial charge < -0.3 is 19.2 Å². The highest BCUT2D eigenvalue weighted by atomic mass is 16.2. The Labute approximate surface area is 193 Å². The molecule has 3 heterocycles. The molecular weight excluding hydrogens is 414 g/mol. The van der Waals surface area contributed by atoms with Crippen molar-refractivity contribution in [3.05, 3.63) is 95.7 Å². The summed E-state index contributed by atoms with van der Waals surface area (Å²) in [5.41, 5.74) is 3.96. The van der Waals surface area contributed by atoms with Crippen LogP contribution >= 0.6 is 0 Å². The molecule has 1 N–H and O–H groups in total. The van der Waals surface area contributed by atoms with E-state index in [0.717, 1.165) is 16.8 Å². The van der Waals surface area contributed by atoms with Gasteiger partial charge in [0.05, 0.1) is 0 Å². The van der Waals surface area contributed by atoms with Gasteiger partial charge in [-0.1, -0.05) is 36.4 Å². The zero-order valence-corrected chi connectivity index (χ0v) is 19.2. The maximum atomic E-state index is 13.3. The molecule has 1 aromatic carbocycles. The minimum atomic E-state index is -0.132. The van der Waals surface area contributed by atoms with Crippen molar-refractivity contribution in [2.45, 2.75) is 25.8 Å². The molecule has 4 rings (SSSR count). The summed E-state index contributed by atoms with van der Waals surface area (Å²) in [5, 5.41) is 2.99. The van der Waals surface area contributed by atoms with E-state index < -0.39 is 0 Å². The number of benzene rings is 1. The van der Waals surface area contributed by atoms with Gasteiger partial charge >= 0.3 is 0 Å². The van der Waals surface area contributed by atoms with Crippen LogP contribution in [-0.4, -0.2) is 50.3 Å². The zero-order valence-electron chi connectivity index (χ0n) is 19.2. The largest absolute Gasteiger partial charge is 0.351 e. The van der Waals surface area contributed by atoms with Crippen molar-refractivity contribution in [3.8, 4) is 0 Å². The first-order chi connectivity index (χ1) is 15.9. The summed E-state index contributed by atoms with van der Waals surface area (Å²) in [7, 11) is 3.65. The van der Waals surface area contributed by atoms with Gasteiger partial charge in [0.25, 0.3) is 11.8 Å². The van der Waals surface area contributed by atoms with Gasteiger partial charge in [0.2, 0.25) is 0 Å². The number of pyridine rings is 1. The fraction of sp³-hybridized carbons (Fsp3) is 0.269. The van der Waals surface area contributed by atoms with Gasteiger partial charge in [-0.25, -0.2) is 4.98 Å². The summed E-state index contributed by atoms with van der Waals surface area (Å²) in [4.78, 5) is 32.2. The van der Waals surface area contributed by atoms with Crippen molar-refractivity contribution in [1.82, 2.24) is 24.2 Å². The first kappa shape index (κ1) is 22.3. The van der Waals surface area contributed by atoms with E-state index in [1.807, 2.05) is 74.2 Å². The van der Waals surface area contributed by atoms with Gasteiger partial charge in [-0.3, -0.25) is 9.59 Å². The minimum Gasteiger partial charge on any atom is -0.351 e. The summed E-state index contributed by atoms with van der Waals surface area (Å²) < 4.78 is 3.67. The number of likely N-dealkylation sites (N-methyl/N-ethyl adjacent to an activating group) is 1. The van der Waals surface area contributed by atoms with Crippen molar-refractivity contribution >= 4 is 17.5 Å². The molecule has 0 aliphatic carbocycles. The third-order valence-corrected chi connectivity index (χ3v) is 6.02. The summed E-state index contributed by atoms with van der Waals surface area (Å²) in [5.74, 6) is -0.251. The van der Waals surface area contributed by atoms with E-state index in [9.17, 15) is 9.59 Å². The fourth-order valence-corrected chi connectivity index (χ4v) is 4.06. The Balaban J connectivity index is 1.50. The Kier molecular flexibility index (Phi) is 6.58. The molecule has 0 bridgehead atoms. The summed E-state index contributed by atoms with van der Waals surface area (Å²) in [6.45, 7) is 2.44. The van der Waals surface area contributed by atoms with E-state index in [1.165, 1.54) is 0 Å². The van der Waals surface area contributed by atoms with Gasteiger partial charge in [-0.05, 0) is 49.1 Å². The predicted octanol–water partition coefficient (Wildman–Crippen LogP) is 3.48. The molecule has 0 saturated heterocycles. The number of nitrogens with one attached hydrogen (secondary N) is 1. The Bertz CT molecular complexity index is 1260. The number of carbonyl (C=O) groups is 2. The average Bonchev–Trinajstić information content (AvgIpc) is 3.45. The van der Waals surface area contributed by atoms with Crippen molar-refractivity contribution in [2.75, 3.05) is 13.6 Å². The number of hydrogen-bond donors (Lipinski definition) is 1. The number of rotatable bonds is 8.